The molecule has 90 valence electrons. The Bertz CT molecular complexity index is 295. The lowest BCUT2D eigenvalue weighted by Gasteiger charge is -2.27. The predicted octanol–water partition coefficient (Wildman–Crippen LogP) is 1.11. The normalized spacial score (nSPS) is 28.1. The number of ether oxygens (including phenoxy) is 1. The highest BCUT2D eigenvalue weighted by Crippen LogP contribution is 2.20. The van der Waals surface area contributed by atoms with E-state index in [1.165, 1.54) is 6.08 Å². The summed E-state index contributed by atoms with van der Waals surface area (Å²) in [5.41, 5.74) is 3.94. The van der Waals surface area contributed by atoms with Gasteiger partial charge in [0.1, 0.15) is 11.6 Å². The maximum Gasteiger partial charge on any atom is 0.317 e. The van der Waals surface area contributed by atoms with E-state index in [1.807, 2.05) is 0 Å². The van der Waals surface area contributed by atoms with Crippen LogP contribution >= 0.6 is 0 Å². The van der Waals surface area contributed by atoms with Crippen LogP contribution in [0.2, 0.25) is 0 Å². The highest BCUT2D eigenvalue weighted by Gasteiger charge is 2.36. The molecule has 0 saturated carbocycles. The molecule has 0 radical (unpaired) electrons. The van der Waals surface area contributed by atoms with Crippen LogP contribution in [0, 0.1) is 5.92 Å². The summed E-state index contributed by atoms with van der Waals surface area (Å²) in [7, 11) is 0. The van der Waals surface area contributed by atoms with E-state index in [4.69, 9.17) is 10.5 Å². The van der Waals surface area contributed by atoms with Gasteiger partial charge in [-0.15, -0.1) is 0 Å². The van der Waals surface area contributed by atoms with Crippen molar-refractivity contribution in [1.29, 1.82) is 0 Å². The van der Waals surface area contributed by atoms with Crippen molar-refractivity contribution in [2.75, 3.05) is 6.61 Å². The van der Waals surface area contributed by atoms with Crippen LogP contribution in [0.1, 0.15) is 26.2 Å². The summed E-state index contributed by atoms with van der Waals surface area (Å²) in [5.74, 6) is -1.28. The number of aliphatic hydroxyl groups is 1. The Labute approximate surface area is 95.8 Å². The highest BCUT2D eigenvalue weighted by molar-refractivity contribution is 5.76. The third-order valence-corrected chi connectivity index (χ3v) is 2.52. The van der Waals surface area contributed by atoms with Crippen molar-refractivity contribution in [3.05, 3.63) is 24.3 Å². The molecule has 0 saturated heterocycles. The van der Waals surface area contributed by atoms with Gasteiger partial charge in [0.15, 0.2) is 0 Å². The standard InChI is InChI=1S/C12H19NO3/c1-2-3-6-9-16-11(14)10-7-4-5-8-12(10,13)15/h4-5,7-8,10,15H,2-3,6,9,13H2,1H3. The van der Waals surface area contributed by atoms with Gasteiger partial charge >= 0.3 is 5.97 Å². The molecule has 0 bridgehead atoms. The third kappa shape index (κ3) is 3.47. The van der Waals surface area contributed by atoms with Crippen molar-refractivity contribution in [3.63, 3.8) is 0 Å². The SMILES string of the molecule is CCCCCOC(=O)C1C=CC=CC1(N)O. The Morgan fingerprint density at radius 2 is 2.25 bits per heavy atom. The molecule has 3 N–H and O–H groups in total. The molecule has 0 heterocycles. The lowest BCUT2D eigenvalue weighted by Crippen LogP contribution is -2.49. The van der Waals surface area contributed by atoms with Gasteiger partial charge in [0.05, 0.1) is 6.61 Å². The number of carbonyl (C=O) groups is 1. The summed E-state index contributed by atoms with van der Waals surface area (Å²) < 4.78 is 5.06. The molecule has 1 aliphatic rings. The summed E-state index contributed by atoms with van der Waals surface area (Å²) in [6.07, 6.45) is 9.19. The van der Waals surface area contributed by atoms with Crippen LogP contribution in [-0.2, 0) is 9.53 Å². The molecule has 0 aromatic carbocycles. The van der Waals surface area contributed by atoms with Gasteiger partial charge in [-0.3, -0.25) is 10.5 Å². The van der Waals surface area contributed by atoms with Crippen LogP contribution in [0.3, 0.4) is 0 Å². The fraction of sp³-hybridized carbons (Fsp3) is 0.583. The Kier molecular flexibility index (Phi) is 4.71. The van der Waals surface area contributed by atoms with Gasteiger partial charge in [-0.25, -0.2) is 0 Å². The molecule has 0 aromatic heterocycles. The number of allylic oxidation sites excluding steroid dienone is 2. The molecule has 0 aliphatic heterocycles. The van der Waals surface area contributed by atoms with Crippen molar-refractivity contribution in [1.82, 2.24) is 0 Å². The van der Waals surface area contributed by atoms with E-state index in [1.54, 1.807) is 18.2 Å². The second-order valence-corrected chi connectivity index (χ2v) is 3.98. The second-order valence-electron chi connectivity index (χ2n) is 3.98. The molecule has 1 aliphatic carbocycles. The van der Waals surface area contributed by atoms with Crippen LogP contribution in [0.25, 0.3) is 0 Å². The van der Waals surface area contributed by atoms with E-state index in [0.717, 1.165) is 19.3 Å². The first-order valence-corrected chi connectivity index (χ1v) is 5.62. The smallest absolute Gasteiger partial charge is 0.317 e. The van der Waals surface area contributed by atoms with E-state index in [2.05, 4.69) is 6.92 Å². The molecule has 1 rings (SSSR count). The molecular weight excluding hydrogens is 206 g/mol. The van der Waals surface area contributed by atoms with E-state index in [-0.39, 0.29) is 0 Å². The Morgan fingerprint density at radius 3 is 2.88 bits per heavy atom. The van der Waals surface area contributed by atoms with Gasteiger partial charge < -0.3 is 9.84 Å². The van der Waals surface area contributed by atoms with Gasteiger partial charge in [-0.2, -0.15) is 0 Å². The van der Waals surface area contributed by atoms with Gasteiger partial charge in [-0.05, 0) is 12.5 Å². The van der Waals surface area contributed by atoms with Gasteiger partial charge in [0.2, 0.25) is 0 Å². The number of unbranched alkanes of at least 4 members (excludes halogenated alkanes) is 2. The molecule has 2 atom stereocenters. The van der Waals surface area contributed by atoms with Gasteiger partial charge in [-0.1, -0.05) is 38.0 Å². The zero-order valence-corrected chi connectivity index (χ0v) is 9.56. The Hall–Kier alpha value is -1.13. The van der Waals surface area contributed by atoms with Gasteiger partial charge in [0, 0.05) is 0 Å². The summed E-state index contributed by atoms with van der Waals surface area (Å²) in [6.45, 7) is 2.46. The topological polar surface area (TPSA) is 72.5 Å². The fourth-order valence-electron chi connectivity index (χ4n) is 1.52. The third-order valence-electron chi connectivity index (χ3n) is 2.52. The number of nitrogens with two attached hydrogens (primary N) is 1. The lowest BCUT2D eigenvalue weighted by molar-refractivity contribution is -0.153. The maximum absolute atomic E-state index is 11.6. The van der Waals surface area contributed by atoms with Crippen molar-refractivity contribution in [2.24, 2.45) is 11.7 Å². The average Bonchev–Trinajstić information content (AvgIpc) is 2.23. The zero-order chi connectivity index (χ0) is 12.0. The fourth-order valence-corrected chi connectivity index (χ4v) is 1.52. The molecule has 2 unspecified atom stereocenters. The van der Waals surface area contributed by atoms with Crippen molar-refractivity contribution in [2.45, 2.75) is 31.9 Å². The minimum Gasteiger partial charge on any atom is -0.465 e. The predicted molar refractivity (Wildman–Crippen MR) is 61.4 cm³/mol. The average molecular weight is 225 g/mol. The number of rotatable bonds is 5. The largest absolute Gasteiger partial charge is 0.465 e. The highest BCUT2D eigenvalue weighted by atomic mass is 16.5. The Morgan fingerprint density at radius 1 is 1.50 bits per heavy atom. The maximum atomic E-state index is 11.6. The number of carbonyl (C=O) groups excluding carboxylic acids is 1. The van der Waals surface area contributed by atoms with Crippen LogP contribution in [0.4, 0.5) is 0 Å². The molecule has 16 heavy (non-hydrogen) atoms. The second kappa shape index (κ2) is 5.82. The number of hydrogen-bond donors (Lipinski definition) is 2. The van der Waals surface area contributed by atoms with E-state index in [0.29, 0.717) is 6.61 Å². The van der Waals surface area contributed by atoms with Crippen LogP contribution in [0.15, 0.2) is 24.3 Å². The minimum atomic E-state index is -1.63. The molecular formula is C12H19NO3. The first kappa shape index (κ1) is 12.9. The molecule has 0 amide bonds. The molecule has 4 nitrogen and oxygen atoms in total. The molecule has 0 aromatic rings. The molecule has 4 heteroatoms. The Balaban J connectivity index is 2.42. The first-order chi connectivity index (χ1) is 7.58. The van der Waals surface area contributed by atoms with Crippen LogP contribution in [-0.4, -0.2) is 23.4 Å². The first-order valence-electron chi connectivity index (χ1n) is 5.62. The summed E-state index contributed by atoms with van der Waals surface area (Å²) in [6, 6.07) is 0. The molecule has 0 fully saturated rings. The van der Waals surface area contributed by atoms with Crippen molar-refractivity contribution >= 4 is 5.97 Å². The van der Waals surface area contributed by atoms with Crippen LogP contribution in [0.5, 0.6) is 0 Å². The van der Waals surface area contributed by atoms with Gasteiger partial charge in [0.25, 0.3) is 0 Å². The van der Waals surface area contributed by atoms with E-state index >= 15 is 0 Å². The van der Waals surface area contributed by atoms with Crippen molar-refractivity contribution < 1.29 is 14.6 Å². The van der Waals surface area contributed by atoms with Crippen molar-refractivity contribution in [3.8, 4) is 0 Å². The number of hydrogen-bond acceptors (Lipinski definition) is 4. The lowest BCUT2D eigenvalue weighted by atomic mass is 9.92. The minimum absolute atomic E-state index is 0.386. The zero-order valence-electron chi connectivity index (χ0n) is 9.56. The van der Waals surface area contributed by atoms with E-state index in [9.17, 15) is 9.90 Å². The summed E-state index contributed by atoms with van der Waals surface area (Å²) in [4.78, 5) is 11.6. The summed E-state index contributed by atoms with van der Waals surface area (Å²) >= 11 is 0. The number of esters is 1. The summed E-state index contributed by atoms with van der Waals surface area (Å²) in [5, 5.41) is 9.75. The molecule has 0 spiro atoms. The van der Waals surface area contributed by atoms with Crippen LogP contribution < -0.4 is 5.73 Å². The quantitative estimate of drug-likeness (QED) is 0.417. The monoisotopic (exact) mass is 225 g/mol. The van der Waals surface area contributed by atoms with E-state index < -0.39 is 17.6 Å².